The van der Waals surface area contributed by atoms with Gasteiger partial charge in [-0.3, -0.25) is 14.4 Å². The van der Waals surface area contributed by atoms with Gasteiger partial charge in [0.25, 0.3) is 0 Å². The normalized spacial score (nSPS) is 21.4. The third-order valence-electron chi connectivity index (χ3n) is 7.51. The molecule has 0 aliphatic heterocycles. The Bertz CT molecular complexity index is 1100. The van der Waals surface area contributed by atoms with Crippen LogP contribution in [0.2, 0.25) is 0 Å². The first-order valence-corrected chi connectivity index (χ1v) is 14.6. The topological polar surface area (TPSA) is 69.7 Å². The Hall–Kier alpha value is -3.21. The minimum atomic E-state index is -0.839. The van der Waals surface area contributed by atoms with Crippen LogP contribution in [0.25, 0.3) is 0 Å². The second kappa shape index (κ2) is 16.8. The Morgan fingerprint density at radius 2 is 1.55 bits per heavy atom. The van der Waals surface area contributed by atoms with Crippen molar-refractivity contribution in [3.63, 3.8) is 0 Å². The van der Waals surface area contributed by atoms with Crippen molar-refractivity contribution in [1.29, 1.82) is 0 Å². The average molecular weight is 549 g/mol. The maximum atomic E-state index is 13.1. The molecule has 0 aromatic carbocycles. The van der Waals surface area contributed by atoms with Crippen molar-refractivity contribution in [3.8, 4) is 0 Å². The zero-order chi connectivity index (χ0) is 29.5. The first kappa shape index (κ1) is 33.0. The molecule has 1 atom stereocenters. The lowest BCUT2D eigenvalue weighted by molar-refractivity contribution is -0.158. The molecule has 1 fully saturated rings. The van der Waals surface area contributed by atoms with Crippen molar-refractivity contribution < 1.29 is 23.9 Å². The van der Waals surface area contributed by atoms with E-state index in [4.69, 9.17) is 9.47 Å². The lowest BCUT2D eigenvalue weighted by atomic mass is 9.71. The number of ketones is 1. The first-order valence-electron chi connectivity index (χ1n) is 14.6. The predicted molar refractivity (Wildman–Crippen MR) is 163 cm³/mol. The van der Waals surface area contributed by atoms with Crippen LogP contribution < -0.4 is 0 Å². The molecule has 218 valence electrons. The number of Topliss-reactive ketones (excluding diaryl/α,β-unsaturated/α-hetero) is 1. The van der Waals surface area contributed by atoms with Crippen molar-refractivity contribution in [2.75, 3.05) is 6.61 Å². The molecule has 0 aromatic heterocycles. The molecule has 0 heterocycles. The Balaban J connectivity index is 1.92. The summed E-state index contributed by atoms with van der Waals surface area (Å²) in [5, 5.41) is 0. The standard InChI is InChI=1S/C35H48O5/c1-7-8-9-11-15-26(2)16-14-17-27(3)20-21-30-28(4)34(38)31(24-35(30,5)6)40-33(37)23-22-32(36)39-25-29-18-12-10-13-19-29/h7-9,11,14-17,20-21,29,31H,10,12-13,18-19,22-25H2,1-6H3. The van der Waals surface area contributed by atoms with Crippen molar-refractivity contribution in [2.24, 2.45) is 11.3 Å². The molecule has 2 aliphatic rings. The fourth-order valence-electron chi connectivity index (χ4n) is 5.11. The van der Waals surface area contributed by atoms with Crippen molar-refractivity contribution in [2.45, 2.75) is 99.0 Å². The maximum absolute atomic E-state index is 13.1. The Morgan fingerprint density at radius 3 is 2.25 bits per heavy atom. The van der Waals surface area contributed by atoms with E-state index in [-0.39, 0.29) is 30.0 Å². The summed E-state index contributed by atoms with van der Waals surface area (Å²) in [7, 11) is 0. The van der Waals surface area contributed by atoms with Gasteiger partial charge in [-0.05, 0) is 63.0 Å². The highest BCUT2D eigenvalue weighted by Crippen LogP contribution is 2.41. The number of allylic oxidation sites excluding steroid dienone is 13. The van der Waals surface area contributed by atoms with E-state index in [0.29, 0.717) is 24.5 Å². The van der Waals surface area contributed by atoms with Gasteiger partial charge in [0, 0.05) is 6.42 Å². The monoisotopic (exact) mass is 548 g/mol. The molecule has 1 unspecified atom stereocenters. The summed E-state index contributed by atoms with van der Waals surface area (Å²) in [6, 6.07) is 0. The average Bonchev–Trinajstić information content (AvgIpc) is 2.92. The molecule has 2 aliphatic carbocycles. The van der Waals surface area contributed by atoms with Gasteiger partial charge in [0.2, 0.25) is 0 Å². The van der Waals surface area contributed by atoms with Gasteiger partial charge < -0.3 is 9.47 Å². The zero-order valence-corrected chi connectivity index (χ0v) is 25.3. The van der Waals surface area contributed by atoms with Gasteiger partial charge in [0.05, 0.1) is 19.4 Å². The van der Waals surface area contributed by atoms with Crippen molar-refractivity contribution in [3.05, 3.63) is 83.1 Å². The molecular formula is C35H48O5. The van der Waals surface area contributed by atoms with Crippen LogP contribution in [0.4, 0.5) is 0 Å². The number of carbonyl (C=O) groups is 3. The summed E-state index contributed by atoms with van der Waals surface area (Å²) in [5.74, 6) is -0.669. The largest absolute Gasteiger partial charge is 0.465 e. The van der Waals surface area contributed by atoms with E-state index in [9.17, 15) is 14.4 Å². The molecular weight excluding hydrogens is 500 g/mol. The van der Waals surface area contributed by atoms with Crippen LogP contribution >= 0.6 is 0 Å². The number of esters is 2. The van der Waals surface area contributed by atoms with Crippen molar-refractivity contribution >= 4 is 17.7 Å². The molecule has 0 spiro atoms. The third-order valence-corrected chi connectivity index (χ3v) is 7.51. The van der Waals surface area contributed by atoms with Gasteiger partial charge in [-0.1, -0.05) is 105 Å². The highest BCUT2D eigenvalue weighted by Gasteiger charge is 2.39. The van der Waals surface area contributed by atoms with Crippen LogP contribution in [-0.4, -0.2) is 30.4 Å². The number of hydrogen-bond donors (Lipinski definition) is 0. The van der Waals surface area contributed by atoms with Crippen LogP contribution in [0.3, 0.4) is 0 Å². The summed E-state index contributed by atoms with van der Waals surface area (Å²) < 4.78 is 10.9. The fourth-order valence-corrected chi connectivity index (χ4v) is 5.11. The number of hydrogen-bond acceptors (Lipinski definition) is 5. The second-order valence-electron chi connectivity index (χ2n) is 11.6. The van der Waals surface area contributed by atoms with E-state index in [2.05, 4.69) is 13.8 Å². The summed E-state index contributed by atoms with van der Waals surface area (Å²) in [5.41, 5.74) is 3.39. The van der Waals surface area contributed by atoms with E-state index in [1.807, 2.05) is 81.5 Å². The van der Waals surface area contributed by atoms with Crippen LogP contribution in [0.5, 0.6) is 0 Å². The molecule has 0 saturated heterocycles. The number of rotatable bonds is 12. The highest BCUT2D eigenvalue weighted by atomic mass is 16.5. The van der Waals surface area contributed by atoms with E-state index in [1.54, 1.807) is 6.92 Å². The molecule has 5 heteroatoms. The Morgan fingerprint density at radius 1 is 0.900 bits per heavy atom. The molecule has 0 aromatic rings. The summed E-state index contributed by atoms with van der Waals surface area (Å²) in [6.07, 6.45) is 25.4. The minimum Gasteiger partial charge on any atom is -0.465 e. The zero-order valence-electron chi connectivity index (χ0n) is 25.3. The first-order chi connectivity index (χ1) is 19.0. The van der Waals surface area contributed by atoms with Crippen molar-refractivity contribution in [1.82, 2.24) is 0 Å². The van der Waals surface area contributed by atoms with Gasteiger partial charge in [-0.25, -0.2) is 0 Å². The van der Waals surface area contributed by atoms with E-state index in [1.165, 1.54) is 19.3 Å². The summed E-state index contributed by atoms with van der Waals surface area (Å²) in [4.78, 5) is 37.7. The molecule has 40 heavy (non-hydrogen) atoms. The predicted octanol–water partition coefficient (Wildman–Crippen LogP) is 8.25. The molecule has 0 N–H and O–H groups in total. The lowest BCUT2D eigenvalue weighted by Crippen LogP contribution is -2.39. The number of carbonyl (C=O) groups excluding carboxylic acids is 3. The van der Waals surface area contributed by atoms with Crippen LogP contribution in [0.1, 0.15) is 92.9 Å². The van der Waals surface area contributed by atoms with Gasteiger partial charge in [-0.2, -0.15) is 0 Å². The van der Waals surface area contributed by atoms with Gasteiger partial charge in [-0.15, -0.1) is 0 Å². The van der Waals surface area contributed by atoms with E-state index < -0.39 is 12.1 Å². The smallest absolute Gasteiger partial charge is 0.307 e. The molecule has 2 rings (SSSR count). The minimum absolute atomic E-state index is 0.0268. The maximum Gasteiger partial charge on any atom is 0.307 e. The molecule has 0 amide bonds. The molecule has 0 bridgehead atoms. The Kier molecular flexibility index (Phi) is 13.9. The summed E-state index contributed by atoms with van der Waals surface area (Å²) in [6.45, 7) is 12.4. The quantitative estimate of drug-likeness (QED) is 0.181. The summed E-state index contributed by atoms with van der Waals surface area (Å²) >= 11 is 0. The lowest BCUT2D eigenvalue weighted by Gasteiger charge is -2.36. The van der Waals surface area contributed by atoms with Gasteiger partial charge in [0.1, 0.15) is 0 Å². The third kappa shape index (κ3) is 11.5. The van der Waals surface area contributed by atoms with E-state index in [0.717, 1.165) is 29.6 Å². The Labute approximate surface area is 241 Å². The van der Waals surface area contributed by atoms with Gasteiger partial charge >= 0.3 is 11.9 Å². The van der Waals surface area contributed by atoms with Crippen LogP contribution in [-0.2, 0) is 23.9 Å². The number of ether oxygens (including phenoxy) is 2. The second-order valence-corrected chi connectivity index (χ2v) is 11.6. The fraction of sp³-hybridized carbons (Fsp3) is 0.514. The molecule has 0 radical (unpaired) electrons. The molecule has 5 nitrogen and oxygen atoms in total. The van der Waals surface area contributed by atoms with Gasteiger partial charge in [0.15, 0.2) is 11.9 Å². The highest BCUT2D eigenvalue weighted by molar-refractivity contribution is 6.01. The molecule has 1 saturated carbocycles. The SMILES string of the molecule is CC=CC=CC=C(C)C=CC=C(C)C=CC1=C(C)C(=O)C(OC(=O)CCC(=O)OCC2CCCCC2)CC1(C)C. The van der Waals surface area contributed by atoms with Crippen LogP contribution in [0, 0.1) is 11.3 Å². The van der Waals surface area contributed by atoms with Crippen LogP contribution in [0.15, 0.2) is 83.1 Å². The van der Waals surface area contributed by atoms with E-state index >= 15 is 0 Å².